The van der Waals surface area contributed by atoms with E-state index < -0.39 is 28.7 Å². The molecule has 0 bridgehead atoms. The lowest BCUT2D eigenvalue weighted by atomic mass is 9.96. The van der Waals surface area contributed by atoms with Crippen LogP contribution in [0.1, 0.15) is 27.7 Å². The SMILES string of the molecule is C=CC(=O)OCC(C)(C)COCCOc1ccc(OCCOCC(C)(C)COC(=O)C=C)c2c1SC(=C(C#N)C(=O)OC)S2. The summed E-state index contributed by atoms with van der Waals surface area (Å²) in [5.74, 6) is -0.629. The van der Waals surface area contributed by atoms with Crippen molar-refractivity contribution in [2.75, 3.05) is 60.0 Å². The van der Waals surface area contributed by atoms with E-state index in [1.165, 1.54) is 30.6 Å². The first-order chi connectivity index (χ1) is 20.9. The molecule has 44 heavy (non-hydrogen) atoms. The van der Waals surface area contributed by atoms with Crippen LogP contribution in [0, 0.1) is 22.2 Å². The fourth-order valence-electron chi connectivity index (χ4n) is 3.38. The Morgan fingerprint density at radius 1 is 0.795 bits per heavy atom. The summed E-state index contributed by atoms with van der Waals surface area (Å²) in [6, 6.07) is 5.44. The van der Waals surface area contributed by atoms with Gasteiger partial charge < -0.3 is 33.2 Å². The molecule has 13 heteroatoms. The lowest BCUT2D eigenvalue weighted by molar-refractivity contribution is -0.142. The van der Waals surface area contributed by atoms with Gasteiger partial charge in [0.15, 0.2) is 5.57 Å². The molecule has 0 saturated heterocycles. The van der Waals surface area contributed by atoms with Gasteiger partial charge in [0, 0.05) is 23.0 Å². The summed E-state index contributed by atoms with van der Waals surface area (Å²) >= 11 is 2.45. The number of nitrogens with zero attached hydrogens (tertiary/aromatic N) is 1. The molecule has 1 heterocycles. The van der Waals surface area contributed by atoms with Crippen molar-refractivity contribution in [2.24, 2.45) is 10.8 Å². The van der Waals surface area contributed by atoms with E-state index in [2.05, 4.69) is 13.2 Å². The number of hydrogen-bond acceptors (Lipinski definition) is 13. The Balaban J connectivity index is 2.03. The van der Waals surface area contributed by atoms with E-state index in [1.54, 1.807) is 12.1 Å². The van der Waals surface area contributed by atoms with Crippen LogP contribution in [0.15, 0.2) is 57.0 Å². The number of nitriles is 1. The van der Waals surface area contributed by atoms with Gasteiger partial charge in [0.2, 0.25) is 0 Å². The Labute approximate surface area is 266 Å². The number of carbonyl (C=O) groups excluding carboxylic acids is 3. The normalized spacial score (nSPS) is 12.4. The quantitative estimate of drug-likeness (QED) is 0.0646. The Hall–Kier alpha value is -3.44. The summed E-state index contributed by atoms with van der Waals surface area (Å²) in [5.41, 5.74) is -0.907. The molecule has 0 saturated carbocycles. The standard InChI is InChI=1S/C31H39NO10S2/c1-8-24(33)41-19-30(3,4)17-37-12-14-39-22-10-11-23(27-26(22)43-29(44-27)21(16-32)28(35)36-7)40-15-13-38-18-31(5,6)20-42-25(34)9-2/h8-11H,1-2,12-15,17-20H2,3-7H3. The average molecular weight is 650 g/mol. The summed E-state index contributed by atoms with van der Waals surface area (Å²) in [7, 11) is 1.22. The number of rotatable bonds is 19. The molecule has 1 aliphatic heterocycles. The highest BCUT2D eigenvalue weighted by Gasteiger charge is 2.31. The molecule has 0 aromatic heterocycles. The highest BCUT2D eigenvalue weighted by atomic mass is 32.2. The van der Waals surface area contributed by atoms with Crippen LogP contribution >= 0.6 is 23.5 Å². The van der Waals surface area contributed by atoms with E-state index in [0.717, 1.165) is 12.2 Å². The Morgan fingerprint density at radius 2 is 1.23 bits per heavy atom. The van der Waals surface area contributed by atoms with E-state index in [-0.39, 0.29) is 45.2 Å². The van der Waals surface area contributed by atoms with Crippen LogP contribution in [0.3, 0.4) is 0 Å². The highest BCUT2D eigenvalue weighted by Crippen LogP contribution is 2.58. The van der Waals surface area contributed by atoms with Crippen molar-refractivity contribution >= 4 is 41.4 Å². The third-order valence-electron chi connectivity index (χ3n) is 5.63. The largest absolute Gasteiger partial charge is 0.490 e. The molecule has 1 aromatic rings. The fourth-order valence-corrected chi connectivity index (χ4v) is 5.98. The first kappa shape index (κ1) is 36.8. The Bertz CT molecular complexity index is 1210. The van der Waals surface area contributed by atoms with Crippen molar-refractivity contribution in [2.45, 2.75) is 37.5 Å². The molecule has 11 nitrogen and oxygen atoms in total. The van der Waals surface area contributed by atoms with Gasteiger partial charge in [-0.3, -0.25) is 0 Å². The first-order valence-electron chi connectivity index (χ1n) is 13.6. The highest BCUT2D eigenvalue weighted by molar-refractivity contribution is 8.24. The molecular weight excluding hydrogens is 610 g/mol. The zero-order valence-corrected chi connectivity index (χ0v) is 27.4. The van der Waals surface area contributed by atoms with Gasteiger partial charge in [-0.15, -0.1) is 0 Å². The average Bonchev–Trinajstić information content (AvgIpc) is 3.44. The van der Waals surface area contributed by atoms with Crippen LogP contribution in [-0.2, 0) is 38.1 Å². The number of hydrogen-bond donors (Lipinski definition) is 0. The van der Waals surface area contributed by atoms with Crippen molar-refractivity contribution in [1.82, 2.24) is 0 Å². The van der Waals surface area contributed by atoms with Crippen LogP contribution in [0.2, 0.25) is 0 Å². The predicted octanol–water partition coefficient (Wildman–Crippen LogP) is 5.09. The molecule has 0 amide bonds. The molecule has 0 atom stereocenters. The van der Waals surface area contributed by atoms with Gasteiger partial charge in [0.05, 0.1) is 60.8 Å². The molecule has 1 aromatic carbocycles. The van der Waals surface area contributed by atoms with Crippen molar-refractivity contribution in [3.8, 4) is 17.6 Å². The second-order valence-corrected chi connectivity index (χ2v) is 13.2. The van der Waals surface area contributed by atoms with Crippen molar-refractivity contribution in [1.29, 1.82) is 5.26 Å². The van der Waals surface area contributed by atoms with Crippen LogP contribution in [0.25, 0.3) is 0 Å². The second kappa shape index (κ2) is 17.8. The van der Waals surface area contributed by atoms with E-state index in [1.807, 2.05) is 33.8 Å². The maximum Gasteiger partial charge on any atom is 0.350 e. The van der Waals surface area contributed by atoms with Crippen LogP contribution in [0.5, 0.6) is 11.5 Å². The number of fused-ring (bicyclic) bond motifs is 1. The number of ether oxygens (including phenoxy) is 7. The maximum absolute atomic E-state index is 12.2. The molecule has 0 fully saturated rings. The topological polar surface area (TPSA) is 140 Å². The molecule has 0 radical (unpaired) electrons. The minimum absolute atomic E-state index is 0.110. The maximum atomic E-state index is 12.2. The molecule has 1 aliphatic rings. The minimum atomic E-state index is -0.732. The second-order valence-electron chi connectivity index (χ2n) is 10.9. The number of methoxy groups -OCH3 is 1. The molecular formula is C31H39NO10S2. The predicted molar refractivity (Wildman–Crippen MR) is 165 cm³/mol. The third-order valence-corrected chi connectivity index (χ3v) is 8.26. The van der Waals surface area contributed by atoms with Crippen LogP contribution < -0.4 is 9.47 Å². The number of thioether (sulfide) groups is 2. The van der Waals surface area contributed by atoms with Gasteiger partial charge >= 0.3 is 17.9 Å². The lowest BCUT2D eigenvalue weighted by Crippen LogP contribution is -2.27. The van der Waals surface area contributed by atoms with Crippen molar-refractivity contribution in [3.63, 3.8) is 0 Å². The first-order valence-corrected chi connectivity index (χ1v) is 15.2. The van der Waals surface area contributed by atoms with Crippen molar-refractivity contribution < 1.29 is 47.5 Å². The summed E-state index contributed by atoms with van der Waals surface area (Å²) in [5, 5.41) is 9.61. The number of benzene rings is 1. The summed E-state index contributed by atoms with van der Waals surface area (Å²) in [6.45, 7) is 16.5. The molecule has 0 spiro atoms. The molecule has 240 valence electrons. The summed E-state index contributed by atoms with van der Waals surface area (Å²) in [4.78, 5) is 36.3. The monoisotopic (exact) mass is 649 g/mol. The van der Waals surface area contributed by atoms with Gasteiger partial charge in [-0.05, 0) is 12.1 Å². The van der Waals surface area contributed by atoms with E-state index in [0.29, 0.717) is 38.7 Å². The van der Waals surface area contributed by atoms with Gasteiger partial charge in [-0.2, -0.15) is 5.26 Å². The van der Waals surface area contributed by atoms with Gasteiger partial charge in [0.1, 0.15) is 30.8 Å². The molecule has 0 N–H and O–H groups in total. The van der Waals surface area contributed by atoms with Crippen molar-refractivity contribution in [3.05, 3.63) is 47.3 Å². The zero-order chi connectivity index (χ0) is 32.8. The van der Waals surface area contributed by atoms with Gasteiger partial charge in [-0.1, -0.05) is 64.4 Å². The Morgan fingerprint density at radius 3 is 1.59 bits per heavy atom. The Kier molecular flexibility index (Phi) is 14.8. The number of esters is 3. The third kappa shape index (κ3) is 11.9. The zero-order valence-electron chi connectivity index (χ0n) is 25.7. The van der Waals surface area contributed by atoms with Crippen LogP contribution in [0.4, 0.5) is 0 Å². The minimum Gasteiger partial charge on any atom is -0.490 e. The fraction of sp³-hybridized carbons (Fsp3) is 0.484. The van der Waals surface area contributed by atoms with E-state index in [4.69, 9.17) is 33.2 Å². The van der Waals surface area contributed by atoms with Gasteiger partial charge in [-0.25, -0.2) is 14.4 Å². The van der Waals surface area contributed by atoms with Gasteiger partial charge in [0.25, 0.3) is 0 Å². The lowest BCUT2D eigenvalue weighted by Gasteiger charge is -2.23. The summed E-state index contributed by atoms with van der Waals surface area (Å²) in [6.07, 6.45) is 2.23. The molecule has 2 rings (SSSR count). The van der Waals surface area contributed by atoms with E-state index in [9.17, 15) is 19.6 Å². The number of carbonyl (C=O) groups is 3. The molecule has 0 unspecified atom stereocenters. The molecule has 0 aliphatic carbocycles. The summed E-state index contributed by atoms with van der Waals surface area (Å²) < 4.78 is 39.0. The van der Waals surface area contributed by atoms with E-state index >= 15 is 0 Å². The van der Waals surface area contributed by atoms with Crippen LogP contribution in [-0.4, -0.2) is 77.9 Å². The smallest absolute Gasteiger partial charge is 0.350 e.